The fourth-order valence-electron chi connectivity index (χ4n) is 0.966. The molecule has 2 aromatic heterocycles. The number of rotatable bonds is 2. The first-order valence-corrected chi connectivity index (χ1v) is 3.84. The average molecular weight is 190 g/mol. The molecule has 2 rings (SSSR count). The number of hydrogen-bond donors (Lipinski definition) is 1. The number of carboxylic acid groups (broad SMARTS) is 1. The van der Waals surface area contributed by atoms with E-state index in [0.717, 1.165) is 0 Å². The van der Waals surface area contributed by atoms with Gasteiger partial charge in [0.2, 0.25) is 0 Å². The molecule has 70 valence electrons. The molecule has 0 spiro atoms. The lowest BCUT2D eigenvalue weighted by Crippen LogP contribution is -2.05. The van der Waals surface area contributed by atoms with Crippen LogP contribution in [0, 0.1) is 0 Å². The van der Waals surface area contributed by atoms with Gasteiger partial charge in [0.05, 0.1) is 0 Å². The number of carboxylic acids is 1. The predicted molar refractivity (Wildman–Crippen MR) is 46.1 cm³/mol. The van der Waals surface area contributed by atoms with Gasteiger partial charge in [0.15, 0.2) is 11.5 Å². The Morgan fingerprint density at radius 3 is 2.71 bits per heavy atom. The van der Waals surface area contributed by atoms with Crippen LogP contribution in [0.1, 0.15) is 10.5 Å². The Bertz CT molecular complexity index is 435. The van der Waals surface area contributed by atoms with Crippen molar-refractivity contribution in [3.63, 3.8) is 0 Å². The van der Waals surface area contributed by atoms with Gasteiger partial charge < -0.3 is 5.11 Å². The molecule has 0 aliphatic heterocycles. The summed E-state index contributed by atoms with van der Waals surface area (Å²) in [6, 6.07) is 4.67. The van der Waals surface area contributed by atoms with Crippen molar-refractivity contribution in [1.29, 1.82) is 0 Å². The summed E-state index contributed by atoms with van der Waals surface area (Å²) in [7, 11) is 0. The topological polar surface area (TPSA) is 80.9 Å². The molecule has 0 fully saturated rings. The highest BCUT2D eigenvalue weighted by Crippen LogP contribution is 2.01. The standard InChI is InChI=1S/C8H6N4O2/c13-8(14)6-2-3-7(11-10-6)12-5-1-4-9-12/h1-5H,(H,13,14). The summed E-state index contributed by atoms with van der Waals surface area (Å²) in [6.45, 7) is 0. The molecule has 0 aromatic carbocycles. The smallest absolute Gasteiger partial charge is 0.356 e. The average Bonchev–Trinajstić information content (AvgIpc) is 2.71. The van der Waals surface area contributed by atoms with E-state index < -0.39 is 5.97 Å². The van der Waals surface area contributed by atoms with Crippen LogP contribution in [0.3, 0.4) is 0 Å². The van der Waals surface area contributed by atoms with Crippen molar-refractivity contribution in [2.45, 2.75) is 0 Å². The molecule has 0 atom stereocenters. The van der Waals surface area contributed by atoms with Gasteiger partial charge in [-0.25, -0.2) is 9.48 Å². The molecule has 0 unspecified atom stereocenters. The second kappa shape index (κ2) is 3.25. The molecule has 14 heavy (non-hydrogen) atoms. The van der Waals surface area contributed by atoms with Crippen molar-refractivity contribution in [3.8, 4) is 5.82 Å². The largest absolute Gasteiger partial charge is 0.476 e. The molecule has 0 radical (unpaired) electrons. The molecular formula is C8H6N4O2. The summed E-state index contributed by atoms with van der Waals surface area (Å²) in [5, 5.41) is 19.7. The Labute approximate surface area is 78.8 Å². The summed E-state index contributed by atoms with van der Waals surface area (Å²) in [5.74, 6) is -0.607. The third-order valence-electron chi connectivity index (χ3n) is 1.61. The monoisotopic (exact) mass is 190 g/mol. The van der Waals surface area contributed by atoms with E-state index in [0.29, 0.717) is 5.82 Å². The van der Waals surface area contributed by atoms with E-state index in [4.69, 9.17) is 5.11 Å². The minimum atomic E-state index is -1.09. The van der Waals surface area contributed by atoms with E-state index in [1.165, 1.54) is 10.7 Å². The lowest BCUT2D eigenvalue weighted by Gasteiger charge is -1.98. The van der Waals surface area contributed by atoms with Gasteiger partial charge in [-0.15, -0.1) is 10.2 Å². The Balaban J connectivity index is 2.36. The molecule has 0 amide bonds. The van der Waals surface area contributed by atoms with E-state index in [-0.39, 0.29) is 5.69 Å². The lowest BCUT2D eigenvalue weighted by atomic mass is 10.4. The second-order valence-electron chi connectivity index (χ2n) is 2.53. The molecule has 2 aromatic rings. The number of aromatic carboxylic acids is 1. The highest BCUT2D eigenvalue weighted by Gasteiger charge is 2.05. The van der Waals surface area contributed by atoms with Crippen LogP contribution in [0.25, 0.3) is 5.82 Å². The van der Waals surface area contributed by atoms with Crippen molar-refractivity contribution < 1.29 is 9.90 Å². The first-order chi connectivity index (χ1) is 6.77. The lowest BCUT2D eigenvalue weighted by molar-refractivity contribution is 0.0689. The van der Waals surface area contributed by atoms with Crippen molar-refractivity contribution >= 4 is 5.97 Å². The van der Waals surface area contributed by atoms with Crippen molar-refractivity contribution in [1.82, 2.24) is 20.0 Å². The van der Waals surface area contributed by atoms with Gasteiger partial charge in [-0.05, 0) is 18.2 Å². The van der Waals surface area contributed by atoms with Crippen LogP contribution in [0.2, 0.25) is 0 Å². The zero-order valence-electron chi connectivity index (χ0n) is 7.03. The molecule has 0 aliphatic carbocycles. The summed E-state index contributed by atoms with van der Waals surface area (Å²) in [6.07, 6.45) is 3.30. The van der Waals surface area contributed by atoms with Crippen LogP contribution in [-0.4, -0.2) is 31.1 Å². The highest BCUT2D eigenvalue weighted by molar-refractivity contribution is 5.85. The quantitative estimate of drug-likeness (QED) is 0.739. The summed E-state index contributed by atoms with van der Waals surface area (Å²) >= 11 is 0. The molecule has 6 nitrogen and oxygen atoms in total. The van der Waals surface area contributed by atoms with Gasteiger partial charge in [-0.2, -0.15) is 5.10 Å². The highest BCUT2D eigenvalue weighted by atomic mass is 16.4. The Morgan fingerprint density at radius 1 is 1.36 bits per heavy atom. The van der Waals surface area contributed by atoms with E-state index in [9.17, 15) is 4.79 Å². The first kappa shape index (κ1) is 8.36. The van der Waals surface area contributed by atoms with Crippen molar-refractivity contribution in [2.24, 2.45) is 0 Å². The zero-order chi connectivity index (χ0) is 9.97. The summed E-state index contributed by atoms with van der Waals surface area (Å²) in [4.78, 5) is 10.5. The Kier molecular flexibility index (Phi) is 1.94. The van der Waals surface area contributed by atoms with Gasteiger partial charge >= 0.3 is 5.97 Å². The van der Waals surface area contributed by atoms with Crippen LogP contribution in [0.5, 0.6) is 0 Å². The van der Waals surface area contributed by atoms with Gasteiger partial charge in [-0.1, -0.05) is 0 Å². The first-order valence-electron chi connectivity index (χ1n) is 3.84. The molecular weight excluding hydrogens is 184 g/mol. The maximum atomic E-state index is 10.5. The van der Waals surface area contributed by atoms with E-state index in [1.807, 2.05) is 0 Å². The van der Waals surface area contributed by atoms with Crippen molar-refractivity contribution in [2.75, 3.05) is 0 Å². The SMILES string of the molecule is O=C(O)c1ccc(-n2cccn2)nn1. The molecule has 0 aliphatic rings. The zero-order valence-corrected chi connectivity index (χ0v) is 7.03. The molecule has 6 heteroatoms. The van der Waals surface area contributed by atoms with Crippen molar-refractivity contribution in [3.05, 3.63) is 36.3 Å². The van der Waals surface area contributed by atoms with Gasteiger partial charge in [0.25, 0.3) is 0 Å². The minimum absolute atomic E-state index is 0.0825. The van der Waals surface area contributed by atoms with Gasteiger partial charge in [-0.3, -0.25) is 0 Å². The summed E-state index contributed by atoms with van der Waals surface area (Å²) < 4.78 is 1.50. The number of hydrogen-bond acceptors (Lipinski definition) is 4. The molecule has 0 bridgehead atoms. The Morgan fingerprint density at radius 2 is 2.21 bits per heavy atom. The normalized spacial score (nSPS) is 10.0. The van der Waals surface area contributed by atoms with E-state index in [2.05, 4.69) is 15.3 Å². The van der Waals surface area contributed by atoms with E-state index in [1.54, 1.807) is 24.5 Å². The maximum absolute atomic E-state index is 10.5. The third-order valence-corrected chi connectivity index (χ3v) is 1.61. The fourth-order valence-corrected chi connectivity index (χ4v) is 0.966. The predicted octanol–water partition coefficient (Wildman–Crippen LogP) is 0.360. The van der Waals surface area contributed by atoms with Crippen LogP contribution in [0.4, 0.5) is 0 Å². The Hall–Kier alpha value is -2.24. The van der Waals surface area contributed by atoms with E-state index >= 15 is 0 Å². The number of nitrogens with zero attached hydrogens (tertiary/aromatic N) is 4. The molecule has 1 N–H and O–H groups in total. The second-order valence-corrected chi connectivity index (χ2v) is 2.53. The minimum Gasteiger partial charge on any atom is -0.476 e. The van der Waals surface area contributed by atoms with Gasteiger partial charge in [0.1, 0.15) is 0 Å². The van der Waals surface area contributed by atoms with Crippen LogP contribution < -0.4 is 0 Å². The van der Waals surface area contributed by atoms with Gasteiger partial charge in [0, 0.05) is 12.4 Å². The summed E-state index contributed by atoms with van der Waals surface area (Å²) in [5.41, 5.74) is -0.0825. The molecule has 0 saturated heterocycles. The number of carbonyl (C=O) groups is 1. The van der Waals surface area contributed by atoms with Crippen LogP contribution in [0.15, 0.2) is 30.6 Å². The molecule has 2 heterocycles. The molecule has 0 saturated carbocycles. The maximum Gasteiger partial charge on any atom is 0.356 e. The van der Waals surface area contributed by atoms with Crippen LogP contribution >= 0.6 is 0 Å². The number of aromatic nitrogens is 4. The van der Waals surface area contributed by atoms with Crippen LogP contribution in [-0.2, 0) is 0 Å². The fraction of sp³-hybridized carbons (Fsp3) is 0. The third kappa shape index (κ3) is 1.45.